The summed E-state index contributed by atoms with van der Waals surface area (Å²) in [6, 6.07) is 12.9. The Balaban J connectivity index is 1.73. The molecule has 1 atom stereocenters. The summed E-state index contributed by atoms with van der Waals surface area (Å²) in [5, 5.41) is 3.41. The second kappa shape index (κ2) is 7.15. The lowest BCUT2D eigenvalue weighted by atomic mass is 10.1. The summed E-state index contributed by atoms with van der Waals surface area (Å²) in [6.07, 6.45) is -0.619. The van der Waals surface area contributed by atoms with Crippen LogP contribution in [-0.4, -0.2) is 24.5 Å². The van der Waals surface area contributed by atoms with E-state index >= 15 is 0 Å². The smallest absolute Gasteiger partial charge is 0.268 e. The molecule has 2 aromatic rings. The fourth-order valence-corrected chi connectivity index (χ4v) is 2.92. The van der Waals surface area contributed by atoms with Crippen LogP contribution in [0.4, 0.5) is 5.69 Å². The molecule has 0 bridgehead atoms. The molecule has 0 saturated heterocycles. The third-order valence-corrected chi connectivity index (χ3v) is 4.43. The molecule has 2 amide bonds. The molecule has 0 aliphatic carbocycles. The molecule has 0 fully saturated rings. The van der Waals surface area contributed by atoms with Crippen molar-refractivity contribution in [3.8, 4) is 5.75 Å². The molecule has 0 saturated carbocycles. The van der Waals surface area contributed by atoms with E-state index in [1.54, 1.807) is 13.0 Å². The summed E-state index contributed by atoms with van der Waals surface area (Å²) in [4.78, 5) is 26.3. The highest BCUT2D eigenvalue weighted by atomic mass is 35.5. The van der Waals surface area contributed by atoms with Crippen molar-refractivity contribution in [2.45, 2.75) is 26.5 Å². The van der Waals surface area contributed by atoms with Gasteiger partial charge >= 0.3 is 0 Å². The predicted molar refractivity (Wildman–Crippen MR) is 96.9 cm³/mol. The maximum Gasteiger partial charge on any atom is 0.268 e. The van der Waals surface area contributed by atoms with E-state index in [2.05, 4.69) is 5.32 Å². The second-order valence-corrected chi connectivity index (χ2v) is 6.43. The number of carbonyl (C=O) groups is 2. The van der Waals surface area contributed by atoms with Crippen LogP contribution in [0.1, 0.15) is 18.1 Å². The first kappa shape index (κ1) is 17.3. The standard InChI is InChI=1S/C19H19ClN2O3/c1-12-7-8-17-16(9-12)22(19(24)13(2)25-17)11-18(23)21-10-14-5-3-4-6-15(14)20/h3-9,13H,10-11H2,1-2H3,(H,21,23). The van der Waals surface area contributed by atoms with Gasteiger partial charge in [-0.25, -0.2) is 0 Å². The minimum Gasteiger partial charge on any atom is -0.479 e. The Bertz CT molecular complexity index is 822. The fraction of sp³-hybridized carbons (Fsp3) is 0.263. The number of aryl methyl sites for hydroxylation is 1. The van der Waals surface area contributed by atoms with Gasteiger partial charge in [0, 0.05) is 11.6 Å². The van der Waals surface area contributed by atoms with Crippen molar-refractivity contribution in [1.29, 1.82) is 0 Å². The molecule has 2 aromatic carbocycles. The van der Waals surface area contributed by atoms with Gasteiger partial charge in [-0.2, -0.15) is 0 Å². The van der Waals surface area contributed by atoms with Gasteiger partial charge in [-0.3, -0.25) is 14.5 Å². The van der Waals surface area contributed by atoms with Gasteiger partial charge in [-0.15, -0.1) is 0 Å². The zero-order valence-electron chi connectivity index (χ0n) is 14.1. The Kier molecular flexibility index (Phi) is 4.95. The normalized spacial score (nSPS) is 16.2. The van der Waals surface area contributed by atoms with Gasteiger partial charge in [0.2, 0.25) is 5.91 Å². The Hall–Kier alpha value is -2.53. The van der Waals surface area contributed by atoms with Crippen LogP contribution in [0.2, 0.25) is 5.02 Å². The molecule has 1 N–H and O–H groups in total. The van der Waals surface area contributed by atoms with E-state index in [4.69, 9.17) is 16.3 Å². The number of amides is 2. The molecular weight excluding hydrogens is 340 g/mol. The van der Waals surface area contributed by atoms with Gasteiger partial charge in [0.05, 0.1) is 5.69 Å². The van der Waals surface area contributed by atoms with Crippen LogP contribution in [0.25, 0.3) is 0 Å². The minimum atomic E-state index is -0.619. The lowest BCUT2D eigenvalue weighted by molar-refractivity contribution is -0.128. The van der Waals surface area contributed by atoms with Crippen molar-refractivity contribution >= 4 is 29.1 Å². The Labute approximate surface area is 151 Å². The van der Waals surface area contributed by atoms with E-state index in [0.717, 1.165) is 11.1 Å². The number of anilines is 1. The summed E-state index contributed by atoms with van der Waals surface area (Å²) < 4.78 is 5.62. The van der Waals surface area contributed by atoms with Crippen LogP contribution in [0.15, 0.2) is 42.5 Å². The average molecular weight is 359 g/mol. The van der Waals surface area contributed by atoms with Gasteiger partial charge in [0.15, 0.2) is 6.10 Å². The van der Waals surface area contributed by atoms with E-state index in [0.29, 0.717) is 23.0 Å². The van der Waals surface area contributed by atoms with Crippen molar-refractivity contribution in [2.24, 2.45) is 0 Å². The third-order valence-electron chi connectivity index (χ3n) is 4.06. The number of hydrogen-bond donors (Lipinski definition) is 1. The lowest BCUT2D eigenvalue weighted by Gasteiger charge is -2.32. The largest absolute Gasteiger partial charge is 0.479 e. The van der Waals surface area contributed by atoms with E-state index in [1.807, 2.05) is 43.3 Å². The first-order valence-electron chi connectivity index (χ1n) is 8.04. The number of hydrogen-bond acceptors (Lipinski definition) is 3. The van der Waals surface area contributed by atoms with Gasteiger partial charge in [0.1, 0.15) is 12.3 Å². The Morgan fingerprint density at radius 3 is 2.80 bits per heavy atom. The fourth-order valence-electron chi connectivity index (χ4n) is 2.72. The SMILES string of the molecule is Cc1ccc2c(c1)N(CC(=O)NCc1ccccc1Cl)C(=O)C(C)O2. The van der Waals surface area contributed by atoms with Crippen LogP contribution in [0, 0.1) is 6.92 Å². The highest BCUT2D eigenvalue weighted by Gasteiger charge is 2.32. The van der Waals surface area contributed by atoms with E-state index in [1.165, 1.54) is 4.90 Å². The first-order valence-corrected chi connectivity index (χ1v) is 8.42. The number of ether oxygens (including phenoxy) is 1. The van der Waals surface area contributed by atoms with Crippen molar-refractivity contribution in [3.05, 3.63) is 58.6 Å². The number of halogens is 1. The van der Waals surface area contributed by atoms with Gasteiger partial charge in [-0.1, -0.05) is 35.9 Å². The van der Waals surface area contributed by atoms with Crippen LogP contribution in [0.3, 0.4) is 0 Å². The summed E-state index contributed by atoms with van der Waals surface area (Å²) in [7, 11) is 0. The molecular formula is C19H19ClN2O3. The summed E-state index contributed by atoms with van der Waals surface area (Å²) >= 11 is 6.09. The number of nitrogens with zero attached hydrogens (tertiary/aromatic N) is 1. The predicted octanol–water partition coefficient (Wildman–Crippen LogP) is 3.08. The molecule has 0 radical (unpaired) electrons. The molecule has 1 heterocycles. The number of rotatable bonds is 4. The number of benzene rings is 2. The van der Waals surface area contributed by atoms with Gasteiger partial charge in [-0.05, 0) is 43.2 Å². The molecule has 3 rings (SSSR count). The monoisotopic (exact) mass is 358 g/mol. The maximum absolute atomic E-state index is 12.5. The summed E-state index contributed by atoms with van der Waals surface area (Å²) in [5.74, 6) is 0.123. The molecule has 6 heteroatoms. The maximum atomic E-state index is 12.5. The highest BCUT2D eigenvalue weighted by molar-refractivity contribution is 6.31. The molecule has 130 valence electrons. The van der Waals surface area contributed by atoms with Crippen molar-refractivity contribution in [3.63, 3.8) is 0 Å². The Morgan fingerprint density at radius 1 is 1.28 bits per heavy atom. The number of carbonyl (C=O) groups excluding carboxylic acids is 2. The zero-order chi connectivity index (χ0) is 18.0. The number of fused-ring (bicyclic) bond motifs is 1. The second-order valence-electron chi connectivity index (χ2n) is 6.02. The summed E-state index contributed by atoms with van der Waals surface area (Å²) in [5.41, 5.74) is 2.44. The third kappa shape index (κ3) is 3.77. The first-order chi connectivity index (χ1) is 12.0. The van der Waals surface area contributed by atoms with Crippen molar-refractivity contribution in [1.82, 2.24) is 5.32 Å². The quantitative estimate of drug-likeness (QED) is 0.913. The zero-order valence-corrected chi connectivity index (χ0v) is 14.8. The van der Waals surface area contributed by atoms with Crippen LogP contribution in [-0.2, 0) is 16.1 Å². The van der Waals surface area contributed by atoms with Gasteiger partial charge in [0.25, 0.3) is 5.91 Å². The lowest BCUT2D eigenvalue weighted by Crippen LogP contribution is -2.48. The van der Waals surface area contributed by atoms with E-state index < -0.39 is 6.10 Å². The summed E-state index contributed by atoms with van der Waals surface area (Å²) in [6.45, 7) is 3.86. The highest BCUT2D eigenvalue weighted by Crippen LogP contribution is 2.34. The average Bonchev–Trinajstić information content (AvgIpc) is 2.59. The van der Waals surface area contributed by atoms with Crippen LogP contribution in [0.5, 0.6) is 5.75 Å². The minimum absolute atomic E-state index is 0.0621. The van der Waals surface area contributed by atoms with E-state index in [9.17, 15) is 9.59 Å². The molecule has 0 aromatic heterocycles. The molecule has 5 nitrogen and oxygen atoms in total. The Morgan fingerprint density at radius 2 is 2.04 bits per heavy atom. The molecule has 25 heavy (non-hydrogen) atoms. The van der Waals surface area contributed by atoms with Crippen LogP contribution >= 0.6 is 11.6 Å². The van der Waals surface area contributed by atoms with E-state index in [-0.39, 0.29) is 18.4 Å². The van der Waals surface area contributed by atoms with Gasteiger partial charge < -0.3 is 10.1 Å². The van der Waals surface area contributed by atoms with Crippen LogP contribution < -0.4 is 15.0 Å². The number of nitrogens with one attached hydrogen (secondary N) is 1. The van der Waals surface area contributed by atoms with Crippen molar-refractivity contribution < 1.29 is 14.3 Å². The molecule has 1 unspecified atom stereocenters. The molecule has 1 aliphatic heterocycles. The molecule has 0 spiro atoms. The topological polar surface area (TPSA) is 58.6 Å². The van der Waals surface area contributed by atoms with Crippen molar-refractivity contribution in [2.75, 3.05) is 11.4 Å². The molecule has 1 aliphatic rings.